The van der Waals surface area contributed by atoms with E-state index >= 15 is 0 Å². The van der Waals surface area contributed by atoms with Crippen molar-refractivity contribution in [3.05, 3.63) is 100 Å². The van der Waals surface area contributed by atoms with Crippen molar-refractivity contribution < 1.29 is 19.0 Å². The highest BCUT2D eigenvalue weighted by Crippen LogP contribution is 2.44. The van der Waals surface area contributed by atoms with Gasteiger partial charge >= 0.3 is 0 Å². The molecular weight excluding hydrogens is 418 g/mol. The fraction of sp³-hybridized carbons (Fsp3) is 0.259. The normalized spacial score (nSPS) is 19.0. The van der Waals surface area contributed by atoms with Crippen molar-refractivity contribution >= 4 is 11.6 Å². The number of halogens is 1. The zero-order chi connectivity index (χ0) is 22.9. The van der Waals surface area contributed by atoms with Gasteiger partial charge in [-0.25, -0.2) is 9.40 Å². The molecule has 6 heteroatoms. The van der Waals surface area contributed by atoms with E-state index < -0.39 is 0 Å². The second-order valence-electron chi connectivity index (χ2n) is 8.54. The number of amides is 1. The molecule has 0 spiro atoms. The standard InChI is InChI=1S/C27H25FN2O3/c1-33-22-11-6-20(7-12-22)27-23-13-8-19-5-2-18(16-31)14-24(19)26(23)29-30(27)25(32)15-17-3-9-21(28)10-4-17/h2-7,9-12,14,23,27,31H,8,13,15-16H2,1H3/t23-,27-/m1/s1/i28-1. The number of hydrogen-bond acceptors (Lipinski definition) is 4. The van der Waals surface area contributed by atoms with Crippen LogP contribution in [0.5, 0.6) is 5.75 Å². The van der Waals surface area contributed by atoms with Crippen LogP contribution in [0.15, 0.2) is 71.8 Å². The van der Waals surface area contributed by atoms with E-state index in [0.717, 1.165) is 46.6 Å². The molecule has 3 aromatic carbocycles. The number of hydrogen-bond donors (Lipinski definition) is 1. The van der Waals surface area contributed by atoms with Crippen LogP contribution in [0.25, 0.3) is 0 Å². The number of rotatable bonds is 5. The van der Waals surface area contributed by atoms with Gasteiger partial charge in [0.25, 0.3) is 0 Å². The maximum absolute atomic E-state index is 13.4. The summed E-state index contributed by atoms with van der Waals surface area (Å²) in [6, 6.07) is 19.5. The van der Waals surface area contributed by atoms with Gasteiger partial charge in [-0.15, -0.1) is 0 Å². The molecule has 33 heavy (non-hydrogen) atoms. The summed E-state index contributed by atoms with van der Waals surface area (Å²) >= 11 is 0. The molecule has 168 valence electrons. The third-order valence-electron chi connectivity index (χ3n) is 6.55. The number of aliphatic hydroxyl groups is 1. The summed E-state index contributed by atoms with van der Waals surface area (Å²) in [5.41, 5.74) is 5.65. The molecule has 2 atom stereocenters. The molecule has 0 saturated carbocycles. The van der Waals surface area contributed by atoms with Crippen molar-refractivity contribution in [2.24, 2.45) is 11.0 Å². The first-order valence-electron chi connectivity index (χ1n) is 11.1. The van der Waals surface area contributed by atoms with Gasteiger partial charge in [0.1, 0.15) is 11.6 Å². The van der Waals surface area contributed by atoms with Crippen LogP contribution in [-0.4, -0.2) is 28.8 Å². The number of hydrazone groups is 1. The Morgan fingerprint density at radius 2 is 1.82 bits per heavy atom. The smallest absolute Gasteiger partial charge is 0.247 e. The molecule has 1 heterocycles. The summed E-state index contributed by atoms with van der Waals surface area (Å²) in [5, 5.41) is 16.1. The van der Waals surface area contributed by atoms with Gasteiger partial charge in [-0.05, 0) is 65.4 Å². The van der Waals surface area contributed by atoms with Crippen LogP contribution in [0.4, 0.5) is 4.39 Å². The Morgan fingerprint density at radius 3 is 2.52 bits per heavy atom. The average Bonchev–Trinajstić information content (AvgIpc) is 3.25. The lowest BCUT2D eigenvalue weighted by atomic mass is 9.77. The predicted molar refractivity (Wildman–Crippen MR) is 123 cm³/mol. The molecule has 3 aromatic rings. The minimum atomic E-state index is -0.328. The molecule has 5 nitrogen and oxygen atoms in total. The highest BCUT2D eigenvalue weighted by atomic mass is 18.2. The van der Waals surface area contributed by atoms with E-state index in [0.29, 0.717) is 0 Å². The summed E-state index contributed by atoms with van der Waals surface area (Å²) in [6.45, 7) is -0.0413. The maximum Gasteiger partial charge on any atom is 0.247 e. The number of aryl methyl sites for hydroxylation is 1. The maximum atomic E-state index is 13.4. The van der Waals surface area contributed by atoms with Crippen molar-refractivity contribution in [2.45, 2.75) is 31.9 Å². The summed E-state index contributed by atoms with van der Waals surface area (Å²) in [7, 11) is 1.63. The Labute approximate surface area is 192 Å². The summed E-state index contributed by atoms with van der Waals surface area (Å²) < 4.78 is 18.6. The van der Waals surface area contributed by atoms with Crippen molar-refractivity contribution in [1.29, 1.82) is 0 Å². The van der Waals surface area contributed by atoms with E-state index in [-0.39, 0.29) is 36.7 Å². The van der Waals surface area contributed by atoms with E-state index in [9.17, 15) is 14.3 Å². The third kappa shape index (κ3) is 4.02. The largest absolute Gasteiger partial charge is 0.497 e. The van der Waals surface area contributed by atoms with Crippen molar-refractivity contribution in [3.63, 3.8) is 0 Å². The lowest BCUT2D eigenvalue weighted by molar-refractivity contribution is -0.132. The van der Waals surface area contributed by atoms with E-state index in [4.69, 9.17) is 9.84 Å². The number of nitrogens with zero attached hydrogens (tertiary/aromatic N) is 2. The van der Waals surface area contributed by atoms with Crippen LogP contribution in [0.1, 0.15) is 40.3 Å². The number of fused-ring (bicyclic) bond motifs is 3. The van der Waals surface area contributed by atoms with Crippen LogP contribution in [-0.2, 0) is 24.2 Å². The Bertz CT molecular complexity index is 1210. The first-order chi connectivity index (χ1) is 16.1. The summed E-state index contributed by atoms with van der Waals surface area (Å²) in [5.74, 6) is 0.343. The van der Waals surface area contributed by atoms with Crippen molar-refractivity contribution in [1.82, 2.24) is 5.01 Å². The molecule has 0 saturated heterocycles. The summed E-state index contributed by atoms with van der Waals surface area (Å²) in [4.78, 5) is 13.4. The highest BCUT2D eigenvalue weighted by Gasteiger charge is 2.43. The summed E-state index contributed by atoms with van der Waals surface area (Å²) in [6.07, 6.45) is 1.90. The van der Waals surface area contributed by atoms with Crippen LogP contribution < -0.4 is 4.74 Å². The SMILES string of the molecule is COc1ccc([C@@H]2[C@@H]3CCc4ccc(CO)cc4C3=NN2C(=O)Cc2ccc([18F])cc2)cc1. The van der Waals surface area contributed by atoms with Crippen LogP contribution in [0.2, 0.25) is 0 Å². The topological polar surface area (TPSA) is 62.1 Å². The van der Waals surface area contributed by atoms with Crippen LogP contribution >= 0.6 is 0 Å². The molecule has 0 fully saturated rings. The number of aliphatic hydroxyl groups excluding tert-OH is 1. The molecule has 0 unspecified atom stereocenters. The van der Waals surface area contributed by atoms with Crippen LogP contribution in [0, 0.1) is 11.7 Å². The van der Waals surface area contributed by atoms with Crippen LogP contribution in [0.3, 0.4) is 0 Å². The minimum Gasteiger partial charge on any atom is -0.497 e. The molecule has 0 aromatic heterocycles. The number of benzene rings is 3. The quantitative estimate of drug-likeness (QED) is 0.635. The molecule has 0 bridgehead atoms. The first kappa shape index (κ1) is 21.3. The van der Waals surface area contributed by atoms with Gasteiger partial charge in [0.15, 0.2) is 0 Å². The van der Waals surface area contributed by atoms with Gasteiger partial charge in [0.2, 0.25) is 5.91 Å². The Hall–Kier alpha value is -3.51. The fourth-order valence-corrected chi connectivity index (χ4v) is 4.85. The second kappa shape index (κ2) is 8.79. The van der Waals surface area contributed by atoms with Crippen molar-refractivity contribution in [3.8, 4) is 5.75 Å². The lowest BCUT2D eigenvalue weighted by Crippen LogP contribution is -2.33. The Balaban J connectivity index is 1.54. The Morgan fingerprint density at radius 1 is 1.09 bits per heavy atom. The van der Waals surface area contributed by atoms with Crippen molar-refractivity contribution in [2.75, 3.05) is 7.11 Å². The number of carbonyl (C=O) groups is 1. The van der Waals surface area contributed by atoms with Gasteiger partial charge in [-0.3, -0.25) is 4.79 Å². The van der Waals surface area contributed by atoms with Gasteiger partial charge in [-0.2, -0.15) is 5.10 Å². The van der Waals surface area contributed by atoms with Gasteiger partial charge < -0.3 is 9.84 Å². The predicted octanol–water partition coefficient (Wildman–Crippen LogP) is 4.42. The van der Waals surface area contributed by atoms with E-state index in [1.807, 2.05) is 42.5 Å². The monoisotopic (exact) mass is 443 g/mol. The molecule has 5 rings (SSSR count). The number of carbonyl (C=O) groups excluding carboxylic acids is 1. The number of ether oxygens (including phenoxy) is 1. The number of methoxy groups -OCH3 is 1. The van der Waals surface area contributed by atoms with Gasteiger partial charge in [-0.1, -0.05) is 36.4 Å². The zero-order valence-electron chi connectivity index (χ0n) is 18.4. The molecule has 1 aliphatic heterocycles. The third-order valence-corrected chi connectivity index (χ3v) is 6.55. The first-order valence-corrected chi connectivity index (χ1v) is 11.1. The van der Waals surface area contributed by atoms with E-state index in [1.165, 1.54) is 17.7 Å². The molecule has 1 aliphatic carbocycles. The Kier molecular flexibility index (Phi) is 5.68. The van der Waals surface area contributed by atoms with Gasteiger partial charge in [0, 0.05) is 11.5 Å². The molecule has 2 aliphatic rings. The van der Waals surface area contributed by atoms with Gasteiger partial charge in [0.05, 0.1) is 31.9 Å². The second-order valence-corrected chi connectivity index (χ2v) is 8.54. The zero-order valence-corrected chi connectivity index (χ0v) is 18.4. The van der Waals surface area contributed by atoms with E-state index in [1.54, 1.807) is 24.3 Å². The lowest BCUT2D eigenvalue weighted by Gasteiger charge is -2.30. The molecule has 0 radical (unpaired) electrons. The van der Waals surface area contributed by atoms with E-state index in [2.05, 4.69) is 0 Å². The minimum absolute atomic E-state index is 0.0413. The highest BCUT2D eigenvalue weighted by molar-refractivity contribution is 6.07. The average molecular weight is 444 g/mol. The molecule has 1 amide bonds. The molecular formula is C27H25FN2O3. The molecule has 1 N–H and O–H groups in total. The fourth-order valence-electron chi connectivity index (χ4n) is 4.85.